The van der Waals surface area contributed by atoms with Crippen LogP contribution < -0.4 is 5.32 Å². The molecule has 0 bridgehead atoms. The minimum absolute atomic E-state index is 0.0903. The van der Waals surface area contributed by atoms with Crippen molar-refractivity contribution in [2.45, 2.75) is 39.2 Å². The third kappa shape index (κ3) is 2.86. The highest BCUT2D eigenvalue weighted by molar-refractivity contribution is 6.00. The van der Waals surface area contributed by atoms with Gasteiger partial charge in [0.15, 0.2) is 0 Å². The van der Waals surface area contributed by atoms with Gasteiger partial charge in [0.1, 0.15) is 11.3 Å². The molecule has 1 amide bonds. The second-order valence-electron chi connectivity index (χ2n) is 4.52. The van der Waals surface area contributed by atoms with E-state index < -0.39 is 17.4 Å². The Morgan fingerprint density at radius 2 is 1.84 bits per heavy atom. The van der Waals surface area contributed by atoms with Gasteiger partial charge in [-0.2, -0.15) is 0 Å². The summed E-state index contributed by atoms with van der Waals surface area (Å²) in [5.41, 5.74) is -0.637. The van der Waals surface area contributed by atoms with E-state index in [1.807, 2.05) is 0 Å². The Hall–Kier alpha value is -2.04. The van der Waals surface area contributed by atoms with Gasteiger partial charge in [-0.15, -0.1) is 0 Å². The molecule has 1 rings (SSSR count). The number of carboxylic acids is 1. The zero-order chi connectivity index (χ0) is 14.6. The van der Waals surface area contributed by atoms with Crippen LogP contribution in [-0.2, 0) is 4.79 Å². The first-order valence-corrected chi connectivity index (χ1v) is 6.22. The van der Waals surface area contributed by atoms with Crippen LogP contribution in [0.25, 0.3) is 0 Å². The summed E-state index contributed by atoms with van der Waals surface area (Å²) >= 11 is 0. The van der Waals surface area contributed by atoms with E-state index in [2.05, 4.69) is 5.32 Å². The monoisotopic (exact) mass is 265 g/mol. The fourth-order valence-electron chi connectivity index (χ4n) is 1.91. The molecule has 5 nitrogen and oxygen atoms in total. The van der Waals surface area contributed by atoms with E-state index in [1.165, 1.54) is 6.07 Å². The lowest BCUT2D eigenvalue weighted by molar-refractivity contribution is -0.144. The Bertz CT molecular complexity index is 492. The summed E-state index contributed by atoms with van der Waals surface area (Å²) in [6.45, 7) is 5.08. The molecule has 0 unspecified atom stereocenters. The summed E-state index contributed by atoms with van der Waals surface area (Å²) in [5, 5.41) is 21.6. The summed E-state index contributed by atoms with van der Waals surface area (Å²) in [5.74, 6) is -1.77. The van der Waals surface area contributed by atoms with Gasteiger partial charge >= 0.3 is 5.97 Å². The number of phenols is 1. The number of aromatic hydroxyl groups is 1. The van der Waals surface area contributed by atoms with Gasteiger partial charge in [0.2, 0.25) is 0 Å². The Morgan fingerprint density at radius 1 is 1.26 bits per heavy atom. The molecule has 104 valence electrons. The molecule has 5 heteroatoms. The van der Waals surface area contributed by atoms with Gasteiger partial charge in [-0.25, -0.2) is 4.79 Å². The molecule has 0 radical (unpaired) electrons. The number of carbonyl (C=O) groups is 2. The number of hydrogen-bond donors (Lipinski definition) is 3. The molecular weight excluding hydrogens is 246 g/mol. The zero-order valence-electron chi connectivity index (χ0n) is 11.4. The minimum atomic E-state index is -1.30. The van der Waals surface area contributed by atoms with Crippen molar-refractivity contribution >= 4 is 11.9 Å². The maximum absolute atomic E-state index is 12.1. The third-order valence-electron chi connectivity index (χ3n) is 3.45. The molecule has 0 saturated heterocycles. The smallest absolute Gasteiger partial charge is 0.329 e. The highest BCUT2D eigenvalue weighted by atomic mass is 16.4. The van der Waals surface area contributed by atoms with Gasteiger partial charge < -0.3 is 15.5 Å². The highest BCUT2D eigenvalue weighted by Crippen LogP contribution is 2.23. The molecule has 0 heterocycles. The van der Waals surface area contributed by atoms with Gasteiger partial charge in [-0.3, -0.25) is 4.79 Å². The number of nitrogens with one attached hydrogen (secondary N) is 1. The highest BCUT2D eigenvalue weighted by Gasteiger charge is 2.37. The third-order valence-corrected chi connectivity index (χ3v) is 3.45. The van der Waals surface area contributed by atoms with Crippen molar-refractivity contribution in [1.29, 1.82) is 0 Å². The number of phenolic OH excluding ortho intramolecular Hbond substituents is 1. The first-order valence-electron chi connectivity index (χ1n) is 6.22. The number of carboxylic acid groups (broad SMARTS) is 1. The summed E-state index contributed by atoms with van der Waals surface area (Å²) in [4.78, 5) is 23.4. The number of benzene rings is 1. The Labute approximate surface area is 112 Å². The predicted octanol–water partition coefficient (Wildman–Crippen LogP) is 2.07. The van der Waals surface area contributed by atoms with Crippen molar-refractivity contribution in [2.75, 3.05) is 0 Å². The van der Waals surface area contributed by atoms with Crippen molar-refractivity contribution < 1.29 is 19.8 Å². The number of aryl methyl sites for hydroxylation is 1. The molecule has 0 aliphatic carbocycles. The molecular formula is C14H19NO4. The van der Waals surface area contributed by atoms with E-state index in [0.717, 1.165) is 0 Å². The van der Waals surface area contributed by atoms with Crippen LogP contribution in [-0.4, -0.2) is 27.6 Å². The average Bonchev–Trinajstić information content (AvgIpc) is 2.38. The van der Waals surface area contributed by atoms with E-state index in [-0.39, 0.29) is 24.2 Å². The molecule has 3 N–H and O–H groups in total. The number of hydrogen-bond acceptors (Lipinski definition) is 3. The fourth-order valence-corrected chi connectivity index (χ4v) is 1.91. The number of rotatable bonds is 5. The van der Waals surface area contributed by atoms with E-state index in [0.29, 0.717) is 5.56 Å². The molecule has 0 aromatic heterocycles. The lowest BCUT2D eigenvalue weighted by Gasteiger charge is -2.28. The topological polar surface area (TPSA) is 86.6 Å². The van der Waals surface area contributed by atoms with Crippen molar-refractivity contribution in [1.82, 2.24) is 5.32 Å². The van der Waals surface area contributed by atoms with Crippen LogP contribution in [0.4, 0.5) is 0 Å². The number of amides is 1. The molecule has 0 spiro atoms. The van der Waals surface area contributed by atoms with E-state index in [9.17, 15) is 19.8 Å². The molecule has 0 aliphatic heterocycles. The van der Waals surface area contributed by atoms with Crippen LogP contribution in [0.5, 0.6) is 5.75 Å². The zero-order valence-corrected chi connectivity index (χ0v) is 11.4. The van der Waals surface area contributed by atoms with Crippen LogP contribution in [0.15, 0.2) is 18.2 Å². The largest absolute Gasteiger partial charge is 0.507 e. The number of aliphatic carboxylic acids is 1. The van der Waals surface area contributed by atoms with Gasteiger partial charge in [-0.05, 0) is 31.4 Å². The van der Waals surface area contributed by atoms with Gasteiger partial charge in [0.25, 0.3) is 5.91 Å². The van der Waals surface area contributed by atoms with Crippen molar-refractivity contribution in [3.05, 3.63) is 29.3 Å². The summed E-state index contributed by atoms with van der Waals surface area (Å²) < 4.78 is 0. The normalized spacial score (nSPS) is 11.1. The summed E-state index contributed by atoms with van der Waals surface area (Å²) in [6.07, 6.45) is 0.550. The van der Waals surface area contributed by atoms with Crippen LogP contribution in [0.1, 0.15) is 42.6 Å². The lowest BCUT2D eigenvalue weighted by atomic mass is 9.92. The standard InChI is InChI=1S/C14H19NO4/c1-4-14(5-2,13(18)19)15-12(17)10-8-6-7-9(3)11(10)16/h6-8,16H,4-5H2,1-3H3,(H,15,17)(H,18,19). The summed E-state index contributed by atoms with van der Waals surface area (Å²) in [6, 6.07) is 4.79. The molecule has 19 heavy (non-hydrogen) atoms. The van der Waals surface area contributed by atoms with Crippen LogP contribution in [0, 0.1) is 6.92 Å². The molecule has 0 fully saturated rings. The molecule has 0 aliphatic rings. The van der Waals surface area contributed by atoms with E-state index in [4.69, 9.17) is 0 Å². The number of para-hydroxylation sites is 1. The quantitative estimate of drug-likeness (QED) is 0.760. The van der Waals surface area contributed by atoms with Gasteiger partial charge in [0, 0.05) is 0 Å². The first kappa shape index (κ1) is 15.0. The average molecular weight is 265 g/mol. The SMILES string of the molecule is CCC(CC)(NC(=O)c1cccc(C)c1O)C(=O)O. The Morgan fingerprint density at radius 3 is 2.32 bits per heavy atom. The van der Waals surface area contributed by atoms with E-state index in [1.54, 1.807) is 32.9 Å². The summed E-state index contributed by atoms with van der Waals surface area (Å²) in [7, 11) is 0. The minimum Gasteiger partial charge on any atom is -0.507 e. The lowest BCUT2D eigenvalue weighted by Crippen LogP contribution is -2.53. The van der Waals surface area contributed by atoms with Crippen molar-refractivity contribution in [2.24, 2.45) is 0 Å². The van der Waals surface area contributed by atoms with Crippen LogP contribution >= 0.6 is 0 Å². The van der Waals surface area contributed by atoms with Gasteiger partial charge in [-0.1, -0.05) is 26.0 Å². The Kier molecular flexibility index (Phi) is 4.53. The molecule has 0 saturated carbocycles. The van der Waals surface area contributed by atoms with Gasteiger partial charge in [0.05, 0.1) is 5.56 Å². The Balaban J connectivity index is 3.08. The number of carbonyl (C=O) groups excluding carboxylic acids is 1. The second-order valence-corrected chi connectivity index (χ2v) is 4.52. The molecule has 0 atom stereocenters. The fraction of sp³-hybridized carbons (Fsp3) is 0.429. The van der Waals surface area contributed by atoms with E-state index >= 15 is 0 Å². The maximum Gasteiger partial charge on any atom is 0.329 e. The van der Waals surface area contributed by atoms with Crippen molar-refractivity contribution in [3.63, 3.8) is 0 Å². The first-order chi connectivity index (χ1) is 8.88. The molecule has 1 aromatic carbocycles. The van der Waals surface area contributed by atoms with Crippen molar-refractivity contribution in [3.8, 4) is 5.75 Å². The van der Waals surface area contributed by atoms with Crippen LogP contribution in [0.3, 0.4) is 0 Å². The molecule has 1 aromatic rings. The van der Waals surface area contributed by atoms with Crippen LogP contribution in [0.2, 0.25) is 0 Å². The maximum atomic E-state index is 12.1. The predicted molar refractivity (Wildman–Crippen MR) is 71.3 cm³/mol. The second kappa shape index (κ2) is 5.73.